The van der Waals surface area contributed by atoms with Crippen LogP contribution in [0.15, 0.2) is 54.1 Å². The van der Waals surface area contributed by atoms with Crippen molar-refractivity contribution < 1.29 is 50.5 Å². The third-order valence-corrected chi connectivity index (χ3v) is 9.41. The second kappa shape index (κ2) is 12.8. The molecule has 1 saturated heterocycles. The highest BCUT2D eigenvalue weighted by Gasteiger charge is 2.43. The van der Waals surface area contributed by atoms with Gasteiger partial charge in [-0.1, -0.05) is 31.5 Å². The molecule has 1 aliphatic heterocycles. The van der Waals surface area contributed by atoms with Crippen LogP contribution in [0.3, 0.4) is 0 Å². The summed E-state index contributed by atoms with van der Waals surface area (Å²) in [6.07, 6.45) is -9.42. The van der Waals surface area contributed by atoms with Crippen molar-refractivity contribution in [2.24, 2.45) is 5.41 Å². The molecule has 1 aliphatic carbocycles. The largest absolute Gasteiger partial charge is 0.496 e. The summed E-state index contributed by atoms with van der Waals surface area (Å²) in [4.78, 5) is 26.3. The minimum absolute atomic E-state index is 0.0162. The number of carbonyl (C=O) groups is 2. The summed E-state index contributed by atoms with van der Waals surface area (Å²) in [5.41, 5.74) is 0.756. The van der Waals surface area contributed by atoms with E-state index in [1.807, 2.05) is 13.8 Å². The normalized spacial score (nSPS) is 19.7. The van der Waals surface area contributed by atoms with Crippen LogP contribution in [0, 0.1) is 19.3 Å². The Kier molecular flexibility index (Phi) is 9.33. The zero-order valence-corrected chi connectivity index (χ0v) is 27.9. The Bertz CT molecular complexity index is 1840. The first-order chi connectivity index (χ1) is 22.7. The molecule has 0 bridgehead atoms. The van der Waals surface area contributed by atoms with Crippen molar-refractivity contribution >= 4 is 17.6 Å². The van der Waals surface area contributed by atoms with E-state index in [1.54, 1.807) is 19.9 Å². The van der Waals surface area contributed by atoms with Crippen LogP contribution in [0.25, 0.3) is 16.7 Å². The van der Waals surface area contributed by atoms with Crippen molar-refractivity contribution in [3.05, 3.63) is 93.0 Å². The summed E-state index contributed by atoms with van der Waals surface area (Å²) < 4.78 is 95.5. The zero-order valence-electron chi connectivity index (χ0n) is 27.9. The number of methoxy groups -OCH3 is 1. The number of aryl methyl sites for hydroxylation is 2. The van der Waals surface area contributed by atoms with Gasteiger partial charge in [-0.3, -0.25) is 4.90 Å². The number of hydrogen-bond donors (Lipinski definition) is 1. The van der Waals surface area contributed by atoms with Crippen LogP contribution < -0.4 is 4.74 Å². The summed E-state index contributed by atoms with van der Waals surface area (Å²) in [6.45, 7) is 8.91. The van der Waals surface area contributed by atoms with Crippen molar-refractivity contribution in [3.8, 4) is 16.9 Å². The van der Waals surface area contributed by atoms with Crippen LogP contribution in [0.5, 0.6) is 5.75 Å². The molecule has 0 saturated carbocycles. The van der Waals surface area contributed by atoms with E-state index in [1.165, 1.54) is 43.2 Å². The highest BCUT2D eigenvalue weighted by Crippen LogP contribution is 2.49. The van der Waals surface area contributed by atoms with Crippen molar-refractivity contribution in [3.63, 3.8) is 0 Å². The summed E-state index contributed by atoms with van der Waals surface area (Å²) in [6, 6.07) is 9.20. The van der Waals surface area contributed by atoms with Crippen LogP contribution in [0.2, 0.25) is 0 Å². The molecule has 0 radical (unpaired) electrons. The number of allylic oxidation sites excluding steroid dienone is 1. The molecule has 49 heavy (non-hydrogen) atoms. The van der Waals surface area contributed by atoms with Crippen molar-refractivity contribution in [2.75, 3.05) is 13.7 Å². The fourth-order valence-electron chi connectivity index (χ4n) is 6.94. The number of hydrogen-bond acceptors (Lipinski definition) is 4. The van der Waals surface area contributed by atoms with Crippen LogP contribution in [0.4, 0.5) is 31.1 Å². The van der Waals surface area contributed by atoms with Gasteiger partial charge >= 0.3 is 24.4 Å². The molecule has 2 aliphatic rings. The first kappa shape index (κ1) is 35.8. The smallest absolute Gasteiger partial charge is 0.417 e. The fourth-order valence-corrected chi connectivity index (χ4v) is 6.94. The number of nitrogens with zero attached hydrogens (tertiary/aromatic N) is 1. The van der Waals surface area contributed by atoms with Gasteiger partial charge in [0.2, 0.25) is 0 Å². The van der Waals surface area contributed by atoms with Gasteiger partial charge in [-0.25, -0.2) is 9.59 Å². The molecule has 3 aromatic rings. The average molecular weight is 690 g/mol. The molecule has 12 heteroatoms. The number of ether oxygens (including phenoxy) is 2. The number of carboxylic acids is 1. The van der Waals surface area contributed by atoms with Gasteiger partial charge in [-0.2, -0.15) is 26.3 Å². The molecule has 262 valence electrons. The number of alkyl halides is 6. The van der Waals surface area contributed by atoms with Gasteiger partial charge in [0.25, 0.3) is 0 Å². The van der Waals surface area contributed by atoms with Crippen molar-refractivity contribution in [1.82, 2.24) is 4.90 Å². The number of amides is 1. The number of carboxylic acid groups (broad SMARTS) is 1. The second-order valence-electron chi connectivity index (χ2n) is 13.7. The summed E-state index contributed by atoms with van der Waals surface area (Å²) in [5.74, 6) is -1.22. The van der Waals surface area contributed by atoms with Crippen LogP contribution in [0.1, 0.15) is 89.9 Å². The van der Waals surface area contributed by atoms with E-state index in [2.05, 4.69) is 0 Å². The van der Waals surface area contributed by atoms with E-state index < -0.39 is 47.7 Å². The number of rotatable bonds is 7. The van der Waals surface area contributed by atoms with Crippen LogP contribution in [-0.4, -0.2) is 41.8 Å². The molecule has 1 N–H and O–H groups in total. The first-order valence-corrected chi connectivity index (χ1v) is 15.7. The third kappa shape index (κ3) is 7.28. The van der Waals surface area contributed by atoms with E-state index in [4.69, 9.17) is 9.47 Å². The van der Waals surface area contributed by atoms with E-state index in [-0.39, 0.29) is 40.0 Å². The summed E-state index contributed by atoms with van der Waals surface area (Å²) in [7, 11) is 1.28. The molecular weight excluding hydrogens is 652 g/mol. The maximum atomic E-state index is 14.5. The summed E-state index contributed by atoms with van der Waals surface area (Å²) in [5, 5.41) is 9.42. The lowest BCUT2D eigenvalue weighted by molar-refractivity contribution is -0.138. The summed E-state index contributed by atoms with van der Waals surface area (Å²) >= 11 is 0. The van der Waals surface area contributed by atoms with Gasteiger partial charge in [-0.15, -0.1) is 0 Å². The van der Waals surface area contributed by atoms with Gasteiger partial charge in [0, 0.05) is 12.1 Å². The molecule has 0 unspecified atom stereocenters. The topological polar surface area (TPSA) is 76.1 Å². The molecule has 0 spiro atoms. The zero-order chi connectivity index (χ0) is 36.2. The quantitative estimate of drug-likeness (QED) is 0.250. The molecule has 1 fully saturated rings. The Morgan fingerprint density at radius 1 is 0.980 bits per heavy atom. The molecule has 3 aromatic carbocycles. The van der Waals surface area contributed by atoms with Gasteiger partial charge < -0.3 is 14.6 Å². The average Bonchev–Trinajstić information content (AvgIpc) is 3.27. The molecule has 1 amide bonds. The molecule has 5 rings (SSSR count). The Morgan fingerprint density at radius 2 is 1.67 bits per heavy atom. The first-order valence-electron chi connectivity index (χ1n) is 15.7. The molecular formula is C37H37F6NO5. The Morgan fingerprint density at radius 3 is 2.27 bits per heavy atom. The van der Waals surface area contributed by atoms with Gasteiger partial charge in [-0.05, 0) is 115 Å². The monoisotopic (exact) mass is 689 g/mol. The van der Waals surface area contributed by atoms with E-state index in [0.717, 1.165) is 23.8 Å². The molecule has 0 aromatic heterocycles. The number of benzene rings is 3. The highest BCUT2D eigenvalue weighted by molar-refractivity contribution is 5.90. The number of carbonyl (C=O) groups excluding carboxylic acids is 1. The predicted octanol–water partition coefficient (Wildman–Crippen LogP) is 10.3. The second-order valence-corrected chi connectivity index (χ2v) is 13.7. The minimum Gasteiger partial charge on any atom is -0.496 e. The standard InChI is InChI=1S/C37H37F6NO5/c1-19-11-23(14-25(12-19)36(38,39)40)32-21(3)44(34(47)49-32)18-24-17-35(4,5)10-9-27(24)29-15-28(30(37(41,42)43)16-31(29)48-6)26-8-7-22(33(45)46)13-20(26)2/h7-8,11-16,21,32H,9-10,17-18H2,1-6H3,(H,45,46)/t21-,32-/m0/s1. The van der Waals surface area contributed by atoms with Crippen LogP contribution >= 0.6 is 0 Å². The van der Waals surface area contributed by atoms with E-state index >= 15 is 0 Å². The SMILES string of the molecule is COc1cc(C(F)(F)F)c(-c2ccc(C(=O)O)cc2C)cc1C1=C(CN2C(=O)O[C@H](c3cc(C)cc(C(F)(F)F)c3)[C@@H]2C)CC(C)(C)CC1. The number of cyclic esters (lactones) is 1. The maximum Gasteiger partial charge on any atom is 0.417 e. The maximum absolute atomic E-state index is 14.5. The Balaban J connectivity index is 1.62. The minimum atomic E-state index is -4.77. The fraction of sp³-hybridized carbons (Fsp3) is 0.405. The molecule has 2 atom stereocenters. The van der Waals surface area contributed by atoms with Gasteiger partial charge in [0.05, 0.1) is 29.8 Å². The number of aromatic carboxylic acids is 1. The Labute approximate surface area is 280 Å². The predicted molar refractivity (Wildman–Crippen MR) is 171 cm³/mol. The third-order valence-electron chi connectivity index (χ3n) is 9.41. The number of halogens is 6. The van der Waals surface area contributed by atoms with Gasteiger partial charge in [0.1, 0.15) is 11.9 Å². The van der Waals surface area contributed by atoms with Gasteiger partial charge in [0.15, 0.2) is 0 Å². The molecule has 1 heterocycles. The highest BCUT2D eigenvalue weighted by atomic mass is 19.4. The Hall–Kier alpha value is -4.48. The van der Waals surface area contributed by atoms with Crippen LogP contribution in [-0.2, 0) is 17.1 Å². The lowest BCUT2D eigenvalue weighted by Gasteiger charge is -2.36. The lowest BCUT2D eigenvalue weighted by Crippen LogP contribution is -2.35. The van der Waals surface area contributed by atoms with Crippen molar-refractivity contribution in [2.45, 2.75) is 78.4 Å². The van der Waals surface area contributed by atoms with E-state index in [0.29, 0.717) is 41.5 Å². The molecule has 6 nitrogen and oxygen atoms in total. The van der Waals surface area contributed by atoms with E-state index in [9.17, 15) is 41.0 Å². The lowest BCUT2D eigenvalue weighted by atomic mass is 9.72. The van der Waals surface area contributed by atoms with Crippen molar-refractivity contribution in [1.29, 1.82) is 0 Å².